The van der Waals surface area contributed by atoms with Crippen molar-refractivity contribution in [3.63, 3.8) is 0 Å². The Morgan fingerprint density at radius 1 is 1.28 bits per heavy atom. The van der Waals surface area contributed by atoms with Crippen molar-refractivity contribution in [3.05, 3.63) is 23.8 Å². The lowest BCUT2D eigenvalue weighted by atomic mass is 9.96. The standard InChI is InChI=1S/C14H21NO3/c1-4-11(14(15)16)7-5-10-6-8-12(17-2)13(9-10)18-3/h6,8-9,11H,4-5,7H2,1-3H3,(H2,15,16). The Morgan fingerprint density at radius 2 is 1.94 bits per heavy atom. The maximum atomic E-state index is 11.2. The highest BCUT2D eigenvalue weighted by Crippen LogP contribution is 2.28. The molecule has 0 aromatic heterocycles. The summed E-state index contributed by atoms with van der Waals surface area (Å²) in [5.41, 5.74) is 6.45. The molecule has 1 amide bonds. The van der Waals surface area contributed by atoms with Gasteiger partial charge >= 0.3 is 0 Å². The first kappa shape index (κ1) is 14.4. The third kappa shape index (κ3) is 3.65. The van der Waals surface area contributed by atoms with Gasteiger partial charge in [0.25, 0.3) is 0 Å². The monoisotopic (exact) mass is 251 g/mol. The van der Waals surface area contributed by atoms with Crippen LogP contribution in [-0.2, 0) is 11.2 Å². The van der Waals surface area contributed by atoms with Crippen LogP contribution in [0.1, 0.15) is 25.3 Å². The number of primary amides is 1. The van der Waals surface area contributed by atoms with E-state index in [4.69, 9.17) is 15.2 Å². The van der Waals surface area contributed by atoms with E-state index in [0.29, 0.717) is 11.5 Å². The first-order chi connectivity index (χ1) is 8.62. The van der Waals surface area contributed by atoms with Crippen molar-refractivity contribution >= 4 is 5.91 Å². The van der Waals surface area contributed by atoms with Crippen LogP contribution in [0.15, 0.2) is 18.2 Å². The van der Waals surface area contributed by atoms with Crippen molar-refractivity contribution in [2.45, 2.75) is 26.2 Å². The van der Waals surface area contributed by atoms with E-state index in [-0.39, 0.29) is 11.8 Å². The summed E-state index contributed by atoms with van der Waals surface area (Å²) in [5, 5.41) is 0. The number of rotatable bonds is 7. The van der Waals surface area contributed by atoms with Crippen molar-refractivity contribution in [2.75, 3.05) is 14.2 Å². The number of hydrogen-bond donors (Lipinski definition) is 1. The molecule has 18 heavy (non-hydrogen) atoms. The summed E-state index contributed by atoms with van der Waals surface area (Å²) >= 11 is 0. The Hall–Kier alpha value is -1.71. The van der Waals surface area contributed by atoms with Gasteiger partial charge < -0.3 is 15.2 Å². The van der Waals surface area contributed by atoms with Crippen LogP contribution in [0.4, 0.5) is 0 Å². The smallest absolute Gasteiger partial charge is 0.220 e. The van der Waals surface area contributed by atoms with Crippen molar-refractivity contribution in [2.24, 2.45) is 11.7 Å². The summed E-state index contributed by atoms with van der Waals surface area (Å²) < 4.78 is 10.4. The molecule has 2 N–H and O–H groups in total. The van der Waals surface area contributed by atoms with Crippen LogP contribution in [0.3, 0.4) is 0 Å². The zero-order chi connectivity index (χ0) is 13.5. The van der Waals surface area contributed by atoms with Gasteiger partial charge in [-0.2, -0.15) is 0 Å². The molecule has 4 heteroatoms. The summed E-state index contributed by atoms with van der Waals surface area (Å²) in [4.78, 5) is 11.2. The van der Waals surface area contributed by atoms with Gasteiger partial charge in [0.1, 0.15) is 0 Å². The Balaban J connectivity index is 2.70. The van der Waals surface area contributed by atoms with Gasteiger partial charge in [-0.3, -0.25) is 4.79 Å². The molecule has 0 aliphatic carbocycles. The highest BCUT2D eigenvalue weighted by atomic mass is 16.5. The largest absolute Gasteiger partial charge is 0.493 e. The molecule has 0 radical (unpaired) electrons. The zero-order valence-corrected chi connectivity index (χ0v) is 11.2. The number of methoxy groups -OCH3 is 2. The molecule has 1 atom stereocenters. The summed E-state index contributed by atoms with van der Waals surface area (Å²) in [6.45, 7) is 1.98. The average molecular weight is 251 g/mol. The van der Waals surface area contributed by atoms with Gasteiger partial charge in [-0.15, -0.1) is 0 Å². The summed E-state index contributed by atoms with van der Waals surface area (Å²) in [7, 11) is 3.22. The molecular weight excluding hydrogens is 230 g/mol. The first-order valence-electron chi connectivity index (χ1n) is 6.12. The molecule has 0 aliphatic rings. The highest BCUT2D eigenvalue weighted by molar-refractivity contribution is 5.76. The SMILES string of the molecule is CCC(CCc1ccc(OC)c(OC)c1)C(N)=O. The van der Waals surface area contributed by atoms with Crippen molar-refractivity contribution in [1.82, 2.24) is 0 Å². The van der Waals surface area contributed by atoms with Crippen LogP contribution in [0, 0.1) is 5.92 Å². The summed E-state index contributed by atoms with van der Waals surface area (Å²) in [5.74, 6) is 1.14. The van der Waals surface area contributed by atoms with E-state index in [9.17, 15) is 4.79 Å². The number of carbonyl (C=O) groups is 1. The third-order valence-corrected chi connectivity index (χ3v) is 3.12. The molecule has 4 nitrogen and oxygen atoms in total. The second-order valence-corrected chi connectivity index (χ2v) is 4.24. The maximum absolute atomic E-state index is 11.2. The number of hydrogen-bond acceptors (Lipinski definition) is 3. The van der Waals surface area contributed by atoms with E-state index >= 15 is 0 Å². The third-order valence-electron chi connectivity index (χ3n) is 3.12. The number of carbonyl (C=O) groups excluding carboxylic acids is 1. The number of benzene rings is 1. The van der Waals surface area contributed by atoms with Gasteiger partial charge in [-0.05, 0) is 37.0 Å². The van der Waals surface area contributed by atoms with Crippen LogP contribution in [0.2, 0.25) is 0 Å². The predicted molar refractivity (Wildman–Crippen MR) is 70.8 cm³/mol. The fourth-order valence-corrected chi connectivity index (χ4v) is 1.92. The van der Waals surface area contributed by atoms with Gasteiger partial charge in [-0.1, -0.05) is 13.0 Å². The quantitative estimate of drug-likeness (QED) is 0.807. The van der Waals surface area contributed by atoms with Crippen molar-refractivity contribution in [3.8, 4) is 11.5 Å². The van der Waals surface area contributed by atoms with Crippen LogP contribution >= 0.6 is 0 Å². The van der Waals surface area contributed by atoms with E-state index in [0.717, 1.165) is 24.8 Å². The fraction of sp³-hybridized carbons (Fsp3) is 0.500. The second kappa shape index (κ2) is 6.89. The maximum Gasteiger partial charge on any atom is 0.220 e. The molecule has 0 saturated heterocycles. The van der Waals surface area contributed by atoms with E-state index in [2.05, 4.69) is 0 Å². The highest BCUT2D eigenvalue weighted by Gasteiger charge is 2.13. The van der Waals surface area contributed by atoms with E-state index in [1.54, 1.807) is 14.2 Å². The molecule has 0 heterocycles. The van der Waals surface area contributed by atoms with Gasteiger partial charge in [0.2, 0.25) is 5.91 Å². The molecule has 1 rings (SSSR count). The van der Waals surface area contributed by atoms with E-state index < -0.39 is 0 Å². The summed E-state index contributed by atoms with van der Waals surface area (Å²) in [6.07, 6.45) is 2.35. The van der Waals surface area contributed by atoms with Gasteiger partial charge in [0.15, 0.2) is 11.5 Å². The lowest BCUT2D eigenvalue weighted by Gasteiger charge is -2.12. The first-order valence-corrected chi connectivity index (χ1v) is 6.12. The lowest BCUT2D eigenvalue weighted by molar-refractivity contribution is -0.122. The number of amides is 1. The predicted octanol–water partition coefficient (Wildman–Crippen LogP) is 2.15. The van der Waals surface area contributed by atoms with Gasteiger partial charge in [0, 0.05) is 5.92 Å². The van der Waals surface area contributed by atoms with E-state index in [1.807, 2.05) is 25.1 Å². The molecule has 1 aromatic rings. The lowest BCUT2D eigenvalue weighted by Crippen LogP contribution is -2.23. The minimum absolute atomic E-state index is 0.0573. The molecule has 0 aliphatic heterocycles. The Kier molecular flexibility index (Phi) is 5.49. The van der Waals surface area contributed by atoms with Gasteiger partial charge in [-0.25, -0.2) is 0 Å². The molecular formula is C14H21NO3. The molecule has 100 valence electrons. The topological polar surface area (TPSA) is 61.6 Å². The Labute approximate surface area is 108 Å². The molecule has 0 fully saturated rings. The van der Waals surface area contributed by atoms with Gasteiger partial charge in [0.05, 0.1) is 14.2 Å². The normalized spacial score (nSPS) is 11.9. The minimum atomic E-state index is -0.224. The molecule has 0 saturated carbocycles. The number of ether oxygens (including phenoxy) is 2. The minimum Gasteiger partial charge on any atom is -0.493 e. The molecule has 1 unspecified atom stereocenters. The number of nitrogens with two attached hydrogens (primary N) is 1. The average Bonchev–Trinajstić information content (AvgIpc) is 2.38. The van der Waals surface area contributed by atoms with Crippen LogP contribution in [-0.4, -0.2) is 20.1 Å². The van der Waals surface area contributed by atoms with Crippen LogP contribution in [0.5, 0.6) is 11.5 Å². The summed E-state index contributed by atoms with van der Waals surface area (Å²) in [6, 6.07) is 5.79. The van der Waals surface area contributed by atoms with Crippen LogP contribution < -0.4 is 15.2 Å². The number of aryl methyl sites for hydroxylation is 1. The molecule has 0 bridgehead atoms. The van der Waals surface area contributed by atoms with Crippen molar-refractivity contribution < 1.29 is 14.3 Å². The second-order valence-electron chi connectivity index (χ2n) is 4.24. The van der Waals surface area contributed by atoms with Crippen molar-refractivity contribution in [1.29, 1.82) is 0 Å². The zero-order valence-electron chi connectivity index (χ0n) is 11.2. The van der Waals surface area contributed by atoms with E-state index in [1.165, 1.54) is 0 Å². The Bertz CT molecular complexity index is 404. The molecule has 0 spiro atoms. The molecule has 1 aromatic carbocycles. The Morgan fingerprint density at radius 3 is 2.44 bits per heavy atom. The fourth-order valence-electron chi connectivity index (χ4n) is 1.92. The van der Waals surface area contributed by atoms with Crippen LogP contribution in [0.25, 0.3) is 0 Å².